The molecule has 0 fully saturated rings. The monoisotopic (exact) mass is 319 g/mol. The van der Waals surface area contributed by atoms with Gasteiger partial charge in [0.15, 0.2) is 0 Å². The third kappa shape index (κ3) is 5.90. The van der Waals surface area contributed by atoms with Gasteiger partial charge in [-0.25, -0.2) is 4.79 Å². The quantitative estimate of drug-likeness (QED) is 0.625. The van der Waals surface area contributed by atoms with E-state index in [9.17, 15) is 22.8 Å². The zero-order valence-electron chi connectivity index (χ0n) is 10.7. The number of thioether (sulfide) groups is 1. The Morgan fingerprint density at radius 1 is 1.33 bits per heavy atom. The second-order valence-electron chi connectivity index (χ2n) is 3.96. The standard InChI is InChI=1S/C13H12F3NO3S/c1-2-3-10(12(19)20)17-11(18)8-4-6-9(7-5-8)21-13(14,15)16/h2,4-7,10H,1,3H2,(H,17,18)(H,19,20). The number of nitrogens with one attached hydrogen (secondary N) is 1. The smallest absolute Gasteiger partial charge is 0.446 e. The molecule has 1 aromatic rings. The molecule has 2 N–H and O–H groups in total. The fourth-order valence-corrected chi connectivity index (χ4v) is 1.98. The first-order valence-electron chi connectivity index (χ1n) is 5.73. The lowest BCUT2D eigenvalue weighted by atomic mass is 10.1. The normalized spacial score (nSPS) is 12.5. The number of rotatable bonds is 6. The molecule has 8 heteroatoms. The van der Waals surface area contributed by atoms with E-state index >= 15 is 0 Å². The number of aliphatic carboxylic acids is 1. The minimum Gasteiger partial charge on any atom is -0.480 e. The van der Waals surface area contributed by atoms with Crippen LogP contribution >= 0.6 is 11.8 Å². The van der Waals surface area contributed by atoms with Crippen LogP contribution in [0.4, 0.5) is 13.2 Å². The first-order chi connectivity index (χ1) is 9.73. The summed E-state index contributed by atoms with van der Waals surface area (Å²) < 4.78 is 36.5. The molecule has 0 bridgehead atoms. The summed E-state index contributed by atoms with van der Waals surface area (Å²) in [6.07, 6.45) is 1.39. The molecule has 4 nitrogen and oxygen atoms in total. The number of hydrogen-bond acceptors (Lipinski definition) is 3. The predicted molar refractivity (Wildman–Crippen MR) is 72.1 cm³/mol. The molecule has 1 aromatic carbocycles. The number of carboxylic acid groups (broad SMARTS) is 1. The molecular formula is C13H12F3NO3S. The van der Waals surface area contributed by atoms with Gasteiger partial charge in [0.05, 0.1) is 0 Å². The number of hydrogen-bond donors (Lipinski definition) is 2. The van der Waals surface area contributed by atoms with E-state index < -0.39 is 23.4 Å². The lowest BCUT2D eigenvalue weighted by Crippen LogP contribution is -2.40. The Hall–Kier alpha value is -1.96. The maximum atomic E-state index is 12.2. The molecule has 21 heavy (non-hydrogen) atoms. The Bertz CT molecular complexity index is 528. The van der Waals surface area contributed by atoms with Crippen molar-refractivity contribution in [1.29, 1.82) is 0 Å². The highest BCUT2D eigenvalue weighted by atomic mass is 32.2. The number of benzene rings is 1. The van der Waals surface area contributed by atoms with Crippen molar-refractivity contribution in [3.8, 4) is 0 Å². The Morgan fingerprint density at radius 2 is 1.90 bits per heavy atom. The van der Waals surface area contributed by atoms with E-state index in [0.29, 0.717) is 0 Å². The Kier molecular flexibility index (Phi) is 5.83. The van der Waals surface area contributed by atoms with E-state index in [0.717, 1.165) is 12.1 Å². The SMILES string of the molecule is C=CCC(NC(=O)c1ccc(SC(F)(F)F)cc1)C(=O)O. The molecule has 114 valence electrons. The third-order valence-corrected chi connectivity index (χ3v) is 3.10. The van der Waals surface area contributed by atoms with Crippen LogP contribution in [-0.4, -0.2) is 28.5 Å². The van der Waals surface area contributed by atoms with Crippen molar-refractivity contribution >= 4 is 23.6 Å². The molecule has 0 aliphatic heterocycles. The lowest BCUT2D eigenvalue weighted by Gasteiger charge is -2.12. The molecule has 0 aliphatic rings. The molecule has 0 radical (unpaired) electrons. The predicted octanol–water partition coefficient (Wildman–Crippen LogP) is 3.06. The molecular weight excluding hydrogens is 307 g/mol. The Balaban J connectivity index is 2.75. The molecule has 0 saturated carbocycles. The highest BCUT2D eigenvalue weighted by molar-refractivity contribution is 8.00. The number of carboxylic acids is 1. The maximum Gasteiger partial charge on any atom is 0.446 e. The highest BCUT2D eigenvalue weighted by Gasteiger charge is 2.29. The van der Waals surface area contributed by atoms with Crippen molar-refractivity contribution in [2.24, 2.45) is 0 Å². The average molecular weight is 319 g/mol. The van der Waals surface area contributed by atoms with Crippen LogP contribution in [0.15, 0.2) is 41.8 Å². The van der Waals surface area contributed by atoms with E-state index in [-0.39, 0.29) is 28.6 Å². The summed E-state index contributed by atoms with van der Waals surface area (Å²) in [6.45, 7) is 3.38. The second kappa shape index (κ2) is 7.16. The van der Waals surface area contributed by atoms with Gasteiger partial charge in [0.1, 0.15) is 6.04 Å². The minimum atomic E-state index is -4.40. The van der Waals surface area contributed by atoms with Crippen LogP contribution in [0.3, 0.4) is 0 Å². The number of halogens is 3. The summed E-state index contributed by atoms with van der Waals surface area (Å²) in [6, 6.07) is 3.58. The summed E-state index contributed by atoms with van der Waals surface area (Å²) in [5.74, 6) is -1.89. The third-order valence-electron chi connectivity index (χ3n) is 2.36. The van der Waals surface area contributed by atoms with Gasteiger partial charge in [-0.15, -0.1) is 6.58 Å². The number of alkyl halides is 3. The topological polar surface area (TPSA) is 66.4 Å². The largest absolute Gasteiger partial charge is 0.480 e. The van der Waals surface area contributed by atoms with Gasteiger partial charge in [-0.3, -0.25) is 4.79 Å². The van der Waals surface area contributed by atoms with Gasteiger partial charge >= 0.3 is 11.5 Å². The average Bonchev–Trinajstić information content (AvgIpc) is 2.36. The van der Waals surface area contributed by atoms with E-state index in [1.54, 1.807) is 0 Å². The Labute approximate surface area is 123 Å². The van der Waals surface area contributed by atoms with Crippen LogP contribution in [0.2, 0.25) is 0 Å². The van der Waals surface area contributed by atoms with Crippen molar-refractivity contribution in [1.82, 2.24) is 5.32 Å². The first-order valence-corrected chi connectivity index (χ1v) is 6.55. The van der Waals surface area contributed by atoms with Crippen molar-refractivity contribution in [2.45, 2.75) is 22.9 Å². The van der Waals surface area contributed by atoms with Gasteiger partial charge in [-0.05, 0) is 42.4 Å². The molecule has 0 spiro atoms. The summed E-state index contributed by atoms with van der Waals surface area (Å²) in [4.78, 5) is 22.6. The number of carbonyl (C=O) groups is 2. The maximum absolute atomic E-state index is 12.2. The van der Waals surface area contributed by atoms with Crippen molar-refractivity contribution in [3.63, 3.8) is 0 Å². The van der Waals surface area contributed by atoms with Crippen molar-refractivity contribution in [2.75, 3.05) is 0 Å². The van der Waals surface area contributed by atoms with Gasteiger partial charge in [-0.1, -0.05) is 6.08 Å². The molecule has 0 aromatic heterocycles. The van der Waals surface area contributed by atoms with E-state index in [2.05, 4.69) is 11.9 Å². The Morgan fingerprint density at radius 3 is 2.33 bits per heavy atom. The van der Waals surface area contributed by atoms with Crippen LogP contribution < -0.4 is 5.32 Å². The number of amides is 1. The van der Waals surface area contributed by atoms with Gasteiger partial charge < -0.3 is 10.4 Å². The van der Waals surface area contributed by atoms with E-state index in [4.69, 9.17) is 5.11 Å². The molecule has 1 rings (SSSR count). The fraction of sp³-hybridized carbons (Fsp3) is 0.231. The van der Waals surface area contributed by atoms with Crippen molar-refractivity contribution < 1.29 is 27.9 Å². The summed E-state index contributed by atoms with van der Waals surface area (Å²) in [5.41, 5.74) is -4.32. The van der Waals surface area contributed by atoms with Crippen LogP contribution in [0.25, 0.3) is 0 Å². The molecule has 0 saturated heterocycles. The summed E-state index contributed by atoms with van der Waals surface area (Å²) in [5, 5.41) is 11.1. The molecule has 0 heterocycles. The number of carbonyl (C=O) groups excluding carboxylic acids is 1. The zero-order chi connectivity index (χ0) is 16.0. The highest BCUT2D eigenvalue weighted by Crippen LogP contribution is 2.36. The zero-order valence-corrected chi connectivity index (χ0v) is 11.5. The van der Waals surface area contributed by atoms with Crippen LogP contribution in [0.1, 0.15) is 16.8 Å². The molecule has 0 aliphatic carbocycles. The van der Waals surface area contributed by atoms with E-state index in [1.165, 1.54) is 18.2 Å². The molecule has 1 amide bonds. The van der Waals surface area contributed by atoms with Crippen LogP contribution in [-0.2, 0) is 4.79 Å². The van der Waals surface area contributed by atoms with Gasteiger partial charge in [0.25, 0.3) is 5.91 Å². The van der Waals surface area contributed by atoms with Gasteiger partial charge in [0, 0.05) is 10.5 Å². The van der Waals surface area contributed by atoms with Crippen molar-refractivity contribution in [3.05, 3.63) is 42.5 Å². The second-order valence-corrected chi connectivity index (χ2v) is 5.10. The van der Waals surface area contributed by atoms with Crippen LogP contribution in [0.5, 0.6) is 0 Å². The summed E-state index contributed by atoms with van der Waals surface area (Å²) >= 11 is -0.291. The lowest BCUT2D eigenvalue weighted by molar-refractivity contribution is -0.139. The summed E-state index contributed by atoms with van der Waals surface area (Å²) in [7, 11) is 0. The molecule has 1 atom stereocenters. The van der Waals surface area contributed by atoms with E-state index in [1.807, 2.05) is 0 Å². The fourth-order valence-electron chi connectivity index (χ4n) is 1.44. The molecule has 1 unspecified atom stereocenters. The minimum absolute atomic E-state index is 0.0447. The first kappa shape index (κ1) is 17.1. The van der Waals surface area contributed by atoms with Gasteiger partial charge in [-0.2, -0.15) is 13.2 Å². The van der Waals surface area contributed by atoms with Gasteiger partial charge in [0.2, 0.25) is 0 Å². The van der Waals surface area contributed by atoms with Crippen LogP contribution in [0, 0.1) is 0 Å².